The zero-order chi connectivity index (χ0) is 7.40. The molecule has 0 aliphatic rings. The van der Waals surface area contributed by atoms with Gasteiger partial charge in [-0.3, -0.25) is 0 Å². The Bertz CT molecular complexity index is 220. The zero-order valence-electron chi connectivity index (χ0n) is 5.84. The molecule has 0 aromatic heterocycles. The summed E-state index contributed by atoms with van der Waals surface area (Å²) in [5, 5.41) is 0. The molecule has 52 valence electrons. The third kappa shape index (κ3) is 2.02. The van der Waals surface area contributed by atoms with Crippen LogP contribution in [0.1, 0.15) is 12.5 Å². The van der Waals surface area contributed by atoms with Gasteiger partial charge in [0.15, 0.2) is 0 Å². The lowest BCUT2D eigenvalue weighted by Gasteiger charge is -1.89. The van der Waals surface area contributed by atoms with Crippen molar-refractivity contribution in [3.63, 3.8) is 0 Å². The van der Waals surface area contributed by atoms with E-state index >= 15 is 0 Å². The summed E-state index contributed by atoms with van der Waals surface area (Å²) in [6.45, 7) is 1.44. The van der Waals surface area contributed by atoms with Crippen molar-refractivity contribution in [3.05, 3.63) is 41.7 Å². The maximum absolute atomic E-state index is 12.2. The van der Waals surface area contributed by atoms with Gasteiger partial charge in [-0.15, -0.1) is 0 Å². The lowest BCUT2D eigenvalue weighted by molar-refractivity contribution is 0.648. The van der Waals surface area contributed by atoms with E-state index in [-0.39, 0.29) is 5.83 Å². The Morgan fingerprint density at radius 1 is 1.30 bits per heavy atom. The van der Waals surface area contributed by atoms with Crippen LogP contribution in [0.4, 0.5) is 4.39 Å². The Morgan fingerprint density at radius 3 is 2.40 bits per heavy atom. The molecule has 1 rings (SSSR count). The third-order valence-electron chi connectivity index (χ3n) is 1.17. The number of rotatable bonds is 1. The van der Waals surface area contributed by atoms with Crippen molar-refractivity contribution in [2.45, 2.75) is 6.92 Å². The van der Waals surface area contributed by atoms with Crippen LogP contribution in [0, 0.1) is 0 Å². The van der Waals surface area contributed by atoms with Crippen LogP contribution < -0.4 is 0 Å². The SMILES string of the molecule is CC(F)=Cc1ccccc1. The van der Waals surface area contributed by atoms with Crippen molar-refractivity contribution < 1.29 is 4.39 Å². The first kappa shape index (κ1) is 7.00. The van der Waals surface area contributed by atoms with E-state index in [1.54, 1.807) is 0 Å². The molecule has 0 spiro atoms. The van der Waals surface area contributed by atoms with Gasteiger partial charge in [-0.25, -0.2) is 4.39 Å². The molecule has 1 aromatic carbocycles. The fourth-order valence-electron chi connectivity index (χ4n) is 0.779. The van der Waals surface area contributed by atoms with E-state index in [1.807, 2.05) is 30.3 Å². The molecule has 0 heterocycles. The van der Waals surface area contributed by atoms with Crippen LogP contribution in [0.15, 0.2) is 36.2 Å². The highest BCUT2D eigenvalue weighted by molar-refractivity contribution is 5.50. The maximum atomic E-state index is 12.2. The van der Waals surface area contributed by atoms with Gasteiger partial charge in [0.25, 0.3) is 0 Å². The van der Waals surface area contributed by atoms with Gasteiger partial charge in [-0.2, -0.15) is 0 Å². The second-order valence-electron chi connectivity index (χ2n) is 2.14. The standard InChI is InChI=1S/C9H9F/c1-8(10)7-9-5-3-2-4-6-9/h2-7H,1H3. The molecule has 1 heteroatoms. The highest BCUT2D eigenvalue weighted by atomic mass is 19.1. The van der Waals surface area contributed by atoms with E-state index in [0.717, 1.165) is 5.56 Å². The second kappa shape index (κ2) is 3.16. The molecule has 0 aliphatic carbocycles. The van der Waals surface area contributed by atoms with E-state index in [9.17, 15) is 4.39 Å². The fourth-order valence-corrected chi connectivity index (χ4v) is 0.779. The number of benzene rings is 1. The Morgan fingerprint density at radius 2 is 1.90 bits per heavy atom. The molecule has 0 bridgehead atoms. The van der Waals surface area contributed by atoms with Crippen molar-refractivity contribution in [2.24, 2.45) is 0 Å². The lowest BCUT2D eigenvalue weighted by Crippen LogP contribution is -1.68. The molecule has 0 aliphatic heterocycles. The van der Waals surface area contributed by atoms with Gasteiger partial charge in [0.2, 0.25) is 0 Å². The van der Waals surface area contributed by atoms with E-state index in [1.165, 1.54) is 13.0 Å². The van der Waals surface area contributed by atoms with Crippen LogP contribution in [-0.2, 0) is 0 Å². The highest BCUT2D eigenvalue weighted by Crippen LogP contribution is 2.05. The minimum atomic E-state index is -0.161. The predicted octanol–water partition coefficient (Wildman–Crippen LogP) is 3.02. The minimum absolute atomic E-state index is 0.161. The summed E-state index contributed by atoms with van der Waals surface area (Å²) in [6, 6.07) is 9.40. The Labute approximate surface area is 60.0 Å². The zero-order valence-corrected chi connectivity index (χ0v) is 5.84. The molecule has 0 unspecified atom stereocenters. The van der Waals surface area contributed by atoms with E-state index in [2.05, 4.69) is 0 Å². The molecular formula is C9H9F. The summed E-state index contributed by atoms with van der Waals surface area (Å²) in [7, 11) is 0. The largest absolute Gasteiger partial charge is 0.212 e. The van der Waals surface area contributed by atoms with Gasteiger partial charge < -0.3 is 0 Å². The quantitative estimate of drug-likeness (QED) is 0.556. The predicted molar refractivity (Wildman–Crippen MR) is 41.2 cm³/mol. The molecule has 0 N–H and O–H groups in total. The van der Waals surface area contributed by atoms with Crippen LogP contribution in [0.3, 0.4) is 0 Å². The van der Waals surface area contributed by atoms with Crippen molar-refractivity contribution >= 4 is 6.08 Å². The lowest BCUT2D eigenvalue weighted by atomic mass is 10.2. The molecule has 0 fully saturated rings. The fraction of sp³-hybridized carbons (Fsp3) is 0.111. The van der Waals surface area contributed by atoms with Crippen molar-refractivity contribution in [2.75, 3.05) is 0 Å². The second-order valence-corrected chi connectivity index (χ2v) is 2.14. The van der Waals surface area contributed by atoms with Crippen LogP contribution in [-0.4, -0.2) is 0 Å². The van der Waals surface area contributed by atoms with Crippen LogP contribution in [0.25, 0.3) is 6.08 Å². The highest BCUT2D eigenvalue weighted by Gasteiger charge is 1.84. The van der Waals surface area contributed by atoms with E-state index in [4.69, 9.17) is 0 Å². The molecule has 0 saturated carbocycles. The van der Waals surface area contributed by atoms with Gasteiger partial charge in [-0.05, 0) is 18.6 Å². The first-order valence-electron chi connectivity index (χ1n) is 3.18. The average molecular weight is 136 g/mol. The maximum Gasteiger partial charge on any atom is 0.0974 e. The summed E-state index contributed by atoms with van der Waals surface area (Å²) < 4.78 is 12.2. The van der Waals surface area contributed by atoms with E-state index < -0.39 is 0 Å². The first-order valence-corrected chi connectivity index (χ1v) is 3.18. The van der Waals surface area contributed by atoms with Gasteiger partial charge in [0, 0.05) is 0 Å². The van der Waals surface area contributed by atoms with Crippen LogP contribution >= 0.6 is 0 Å². The summed E-state index contributed by atoms with van der Waals surface area (Å²) in [4.78, 5) is 0. The van der Waals surface area contributed by atoms with Crippen LogP contribution in [0.5, 0.6) is 0 Å². The summed E-state index contributed by atoms with van der Waals surface area (Å²) >= 11 is 0. The smallest absolute Gasteiger partial charge is 0.0974 e. The molecular weight excluding hydrogens is 127 g/mol. The number of hydrogen-bond donors (Lipinski definition) is 0. The summed E-state index contributed by atoms with van der Waals surface area (Å²) in [5.41, 5.74) is 0.905. The number of allylic oxidation sites excluding steroid dienone is 1. The molecule has 0 radical (unpaired) electrons. The van der Waals surface area contributed by atoms with E-state index in [0.29, 0.717) is 0 Å². The first-order chi connectivity index (χ1) is 4.79. The minimum Gasteiger partial charge on any atom is -0.212 e. The molecule has 0 saturated heterocycles. The van der Waals surface area contributed by atoms with Crippen molar-refractivity contribution in [1.82, 2.24) is 0 Å². The Balaban J connectivity index is 2.87. The van der Waals surface area contributed by atoms with Gasteiger partial charge in [0.1, 0.15) is 0 Å². The monoisotopic (exact) mass is 136 g/mol. The average Bonchev–Trinajstić information content (AvgIpc) is 1.88. The van der Waals surface area contributed by atoms with Gasteiger partial charge in [-0.1, -0.05) is 30.3 Å². The molecule has 0 atom stereocenters. The van der Waals surface area contributed by atoms with Crippen LogP contribution in [0.2, 0.25) is 0 Å². The van der Waals surface area contributed by atoms with Crippen molar-refractivity contribution in [1.29, 1.82) is 0 Å². The molecule has 0 amide bonds. The molecule has 10 heavy (non-hydrogen) atoms. The van der Waals surface area contributed by atoms with Gasteiger partial charge >= 0.3 is 0 Å². The number of hydrogen-bond acceptors (Lipinski definition) is 0. The molecule has 0 nitrogen and oxygen atoms in total. The topological polar surface area (TPSA) is 0 Å². The summed E-state index contributed by atoms with van der Waals surface area (Å²) in [6.07, 6.45) is 1.50. The Kier molecular flexibility index (Phi) is 2.21. The molecule has 1 aromatic rings. The Hall–Kier alpha value is -1.11. The van der Waals surface area contributed by atoms with Crippen molar-refractivity contribution in [3.8, 4) is 0 Å². The third-order valence-corrected chi connectivity index (χ3v) is 1.17. The van der Waals surface area contributed by atoms with Gasteiger partial charge in [0.05, 0.1) is 5.83 Å². The summed E-state index contributed by atoms with van der Waals surface area (Å²) in [5.74, 6) is -0.161. The number of halogens is 1. The normalized spacial score (nSPS) is 11.6.